The van der Waals surface area contributed by atoms with Gasteiger partial charge in [-0.05, 0) is 55.7 Å². The molecule has 0 amide bonds. The van der Waals surface area contributed by atoms with Crippen LogP contribution >= 0.6 is 0 Å². The van der Waals surface area contributed by atoms with Crippen LogP contribution in [0.4, 0.5) is 0 Å². The van der Waals surface area contributed by atoms with Crippen LogP contribution in [-0.4, -0.2) is 21.0 Å². The van der Waals surface area contributed by atoms with Crippen LogP contribution in [0.25, 0.3) is 0 Å². The Morgan fingerprint density at radius 2 is 1.95 bits per heavy atom. The van der Waals surface area contributed by atoms with Gasteiger partial charge in [-0.2, -0.15) is 0 Å². The first kappa shape index (κ1) is 14.0. The molecule has 1 aromatic rings. The van der Waals surface area contributed by atoms with Gasteiger partial charge in [0.05, 0.1) is 4.90 Å². The van der Waals surface area contributed by atoms with E-state index in [2.05, 4.69) is 10.0 Å². The Morgan fingerprint density at radius 3 is 2.60 bits per heavy atom. The molecule has 0 unspecified atom stereocenters. The van der Waals surface area contributed by atoms with E-state index in [9.17, 15) is 8.42 Å². The fraction of sp³-hybridized carbons (Fsp3) is 0.600. The summed E-state index contributed by atoms with van der Waals surface area (Å²) in [4.78, 5) is 0.424. The molecular formula is C15H22N2O2S. The standard InChI is InChI=1S/C15H22N2O2S/c1-11-2-3-13(9-16-14-6-7-14)8-15(11)20(18,19)17-10-12-4-5-12/h2-3,8,12,14,16-17H,4-7,9-10H2,1H3. The van der Waals surface area contributed by atoms with Crippen LogP contribution in [0.2, 0.25) is 0 Å². The Morgan fingerprint density at radius 1 is 1.20 bits per heavy atom. The lowest BCUT2D eigenvalue weighted by molar-refractivity contribution is 0.576. The highest BCUT2D eigenvalue weighted by Gasteiger charge is 2.25. The highest BCUT2D eigenvalue weighted by Crippen LogP contribution is 2.28. The average molecular weight is 294 g/mol. The SMILES string of the molecule is Cc1ccc(CNC2CC2)cc1S(=O)(=O)NCC1CC1. The Labute approximate surface area is 121 Å². The molecule has 0 aliphatic heterocycles. The summed E-state index contributed by atoms with van der Waals surface area (Å²) in [7, 11) is -3.37. The normalized spacial score (nSPS) is 19.2. The van der Waals surface area contributed by atoms with Crippen LogP contribution in [0.1, 0.15) is 36.8 Å². The van der Waals surface area contributed by atoms with Crippen molar-refractivity contribution in [3.8, 4) is 0 Å². The topological polar surface area (TPSA) is 58.2 Å². The molecule has 20 heavy (non-hydrogen) atoms. The molecule has 0 spiro atoms. The third kappa shape index (κ3) is 3.59. The number of benzene rings is 1. The Balaban J connectivity index is 1.73. The second kappa shape index (κ2) is 5.47. The molecule has 0 bridgehead atoms. The van der Waals surface area contributed by atoms with Crippen LogP contribution in [0.3, 0.4) is 0 Å². The molecule has 2 saturated carbocycles. The molecule has 1 aromatic carbocycles. The predicted octanol–water partition coefficient (Wildman–Crippen LogP) is 1.94. The molecular weight excluding hydrogens is 272 g/mol. The smallest absolute Gasteiger partial charge is 0.240 e. The predicted molar refractivity (Wildman–Crippen MR) is 79.0 cm³/mol. The second-order valence-corrected chi connectivity index (χ2v) is 7.79. The van der Waals surface area contributed by atoms with Gasteiger partial charge in [0.1, 0.15) is 0 Å². The molecule has 0 atom stereocenters. The molecule has 5 heteroatoms. The lowest BCUT2D eigenvalue weighted by Gasteiger charge is -2.11. The molecule has 2 aliphatic carbocycles. The molecule has 2 N–H and O–H groups in total. The van der Waals surface area contributed by atoms with Crippen molar-refractivity contribution in [1.29, 1.82) is 0 Å². The average Bonchev–Trinajstić information content (AvgIpc) is 3.28. The Hall–Kier alpha value is -0.910. The van der Waals surface area contributed by atoms with Gasteiger partial charge >= 0.3 is 0 Å². The van der Waals surface area contributed by atoms with Gasteiger partial charge in [-0.1, -0.05) is 12.1 Å². The van der Waals surface area contributed by atoms with E-state index >= 15 is 0 Å². The summed E-state index contributed by atoms with van der Waals surface area (Å²) >= 11 is 0. The summed E-state index contributed by atoms with van der Waals surface area (Å²) in [6.45, 7) is 3.17. The number of aryl methyl sites for hydroxylation is 1. The number of sulfonamides is 1. The van der Waals surface area contributed by atoms with Crippen molar-refractivity contribution >= 4 is 10.0 Å². The number of nitrogens with one attached hydrogen (secondary N) is 2. The number of rotatable bonds is 7. The molecule has 0 saturated heterocycles. The van der Waals surface area contributed by atoms with Crippen LogP contribution in [0, 0.1) is 12.8 Å². The van der Waals surface area contributed by atoms with E-state index in [4.69, 9.17) is 0 Å². The zero-order chi connectivity index (χ0) is 14.2. The summed E-state index contributed by atoms with van der Waals surface area (Å²) in [5.41, 5.74) is 1.85. The van der Waals surface area contributed by atoms with E-state index in [-0.39, 0.29) is 0 Å². The van der Waals surface area contributed by atoms with Crippen LogP contribution in [0.5, 0.6) is 0 Å². The molecule has 0 heterocycles. The molecule has 0 aromatic heterocycles. The number of hydrogen-bond donors (Lipinski definition) is 2. The summed E-state index contributed by atoms with van der Waals surface area (Å²) < 4.78 is 27.4. The summed E-state index contributed by atoms with van der Waals surface area (Å²) in [6.07, 6.45) is 4.76. The minimum Gasteiger partial charge on any atom is -0.310 e. The zero-order valence-electron chi connectivity index (χ0n) is 11.9. The van der Waals surface area contributed by atoms with E-state index in [0.29, 0.717) is 23.4 Å². The molecule has 0 radical (unpaired) electrons. The van der Waals surface area contributed by atoms with Crippen molar-refractivity contribution in [2.24, 2.45) is 5.92 Å². The fourth-order valence-electron chi connectivity index (χ4n) is 2.22. The first-order valence-electron chi connectivity index (χ1n) is 7.37. The minimum atomic E-state index is -3.37. The van der Waals surface area contributed by atoms with Crippen molar-refractivity contribution in [2.75, 3.05) is 6.54 Å². The molecule has 3 rings (SSSR count). The van der Waals surface area contributed by atoms with E-state index in [1.165, 1.54) is 12.8 Å². The third-order valence-corrected chi connectivity index (χ3v) is 5.54. The lowest BCUT2D eigenvalue weighted by Crippen LogP contribution is -2.26. The largest absolute Gasteiger partial charge is 0.310 e. The zero-order valence-corrected chi connectivity index (χ0v) is 12.7. The van der Waals surface area contributed by atoms with E-state index < -0.39 is 10.0 Å². The maximum absolute atomic E-state index is 12.4. The number of hydrogen-bond acceptors (Lipinski definition) is 3. The fourth-order valence-corrected chi connectivity index (χ4v) is 3.63. The summed E-state index contributed by atoms with van der Waals surface area (Å²) in [6, 6.07) is 6.34. The minimum absolute atomic E-state index is 0.424. The van der Waals surface area contributed by atoms with Crippen molar-refractivity contribution in [3.05, 3.63) is 29.3 Å². The van der Waals surface area contributed by atoms with E-state index in [0.717, 1.165) is 30.5 Å². The molecule has 2 fully saturated rings. The van der Waals surface area contributed by atoms with Crippen LogP contribution in [0.15, 0.2) is 23.1 Å². The van der Waals surface area contributed by atoms with Gasteiger partial charge in [0, 0.05) is 19.1 Å². The van der Waals surface area contributed by atoms with Gasteiger partial charge in [-0.15, -0.1) is 0 Å². The Bertz CT molecular complexity index is 590. The highest BCUT2D eigenvalue weighted by molar-refractivity contribution is 7.89. The summed E-state index contributed by atoms with van der Waals surface area (Å²) in [5.74, 6) is 0.546. The Kier molecular flexibility index (Phi) is 3.84. The maximum Gasteiger partial charge on any atom is 0.240 e. The summed E-state index contributed by atoms with van der Waals surface area (Å²) in [5, 5.41) is 3.42. The van der Waals surface area contributed by atoms with Gasteiger partial charge in [0.2, 0.25) is 10.0 Å². The first-order chi connectivity index (χ1) is 9.54. The van der Waals surface area contributed by atoms with Crippen LogP contribution in [-0.2, 0) is 16.6 Å². The van der Waals surface area contributed by atoms with Gasteiger partial charge in [0.25, 0.3) is 0 Å². The van der Waals surface area contributed by atoms with Crippen LogP contribution < -0.4 is 10.0 Å². The van der Waals surface area contributed by atoms with E-state index in [1.54, 1.807) is 6.07 Å². The second-order valence-electron chi connectivity index (χ2n) is 6.05. The first-order valence-corrected chi connectivity index (χ1v) is 8.85. The van der Waals surface area contributed by atoms with Crippen molar-refractivity contribution in [3.63, 3.8) is 0 Å². The van der Waals surface area contributed by atoms with Gasteiger partial charge in [-0.3, -0.25) is 0 Å². The quantitative estimate of drug-likeness (QED) is 0.808. The van der Waals surface area contributed by atoms with Crippen molar-refractivity contribution in [2.45, 2.75) is 50.1 Å². The van der Waals surface area contributed by atoms with Crippen molar-refractivity contribution < 1.29 is 8.42 Å². The third-order valence-electron chi connectivity index (χ3n) is 3.97. The van der Waals surface area contributed by atoms with Gasteiger partial charge < -0.3 is 5.32 Å². The maximum atomic E-state index is 12.4. The molecule has 110 valence electrons. The van der Waals surface area contributed by atoms with Gasteiger partial charge in [0.15, 0.2) is 0 Å². The van der Waals surface area contributed by atoms with Gasteiger partial charge in [-0.25, -0.2) is 13.1 Å². The van der Waals surface area contributed by atoms with Crippen molar-refractivity contribution in [1.82, 2.24) is 10.0 Å². The monoisotopic (exact) mass is 294 g/mol. The lowest BCUT2D eigenvalue weighted by atomic mass is 10.1. The highest BCUT2D eigenvalue weighted by atomic mass is 32.2. The molecule has 2 aliphatic rings. The molecule has 4 nitrogen and oxygen atoms in total. The van der Waals surface area contributed by atoms with E-state index in [1.807, 2.05) is 19.1 Å².